The van der Waals surface area contributed by atoms with Crippen molar-refractivity contribution in [1.82, 2.24) is 4.98 Å². The Balaban J connectivity index is 1.77. The first kappa shape index (κ1) is 12.4. The van der Waals surface area contributed by atoms with E-state index in [4.69, 9.17) is 4.74 Å². The first-order valence-electron chi connectivity index (χ1n) is 7.46. The average molecular weight is 317 g/mol. The maximum Gasteiger partial charge on any atom is 0.305 e. The number of nitrogens with one attached hydrogen (secondary N) is 1. The number of thioether (sulfide) groups is 1. The number of rotatable bonds is 0. The van der Waals surface area contributed by atoms with Crippen LogP contribution in [0.2, 0.25) is 0 Å². The van der Waals surface area contributed by atoms with Gasteiger partial charge in [-0.1, -0.05) is 29.5 Å². The number of ether oxygens (including phenoxy) is 1. The van der Waals surface area contributed by atoms with Crippen molar-refractivity contribution >= 4 is 23.1 Å². The Hall–Kier alpha value is -1.20. The van der Waals surface area contributed by atoms with Crippen molar-refractivity contribution in [2.45, 2.75) is 41.6 Å². The van der Waals surface area contributed by atoms with Gasteiger partial charge in [0.15, 0.2) is 0 Å². The molecule has 3 heterocycles. The first-order valence-corrected chi connectivity index (χ1v) is 9.16. The highest BCUT2D eigenvalue weighted by atomic mass is 32.2. The summed E-state index contributed by atoms with van der Waals surface area (Å²) in [6, 6.07) is 8.37. The van der Waals surface area contributed by atoms with Crippen LogP contribution in [0.3, 0.4) is 0 Å². The Morgan fingerprint density at radius 3 is 3.10 bits per heavy atom. The number of fused-ring (bicyclic) bond motifs is 4. The van der Waals surface area contributed by atoms with Crippen LogP contribution in [0, 0.1) is 5.92 Å². The van der Waals surface area contributed by atoms with E-state index in [1.54, 1.807) is 0 Å². The van der Waals surface area contributed by atoms with Crippen molar-refractivity contribution in [3.63, 3.8) is 0 Å². The van der Waals surface area contributed by atoms with E-state index < -0.39 is 0 Å². The monoisotopic (exact) mass is 317 g/mol. The molecule has 108 valence electrons. The second-order valence-electron chi connectivity index (χ2n) is 6.04. The lowest BCUT2D eigenvalue weighted by Crippen LogP contribution is -2.46. The second-order valence-corrected chi connectivity index (χ2v) is 8.31. The Morgan fingerprint density at radius 2 is 2.14 bits per heavy atom. The third kappa shape index (κ3) is 1.70. The van der Waals surface area contributed by atoms with Crippen molar-refractivity contribution in [2.24, 2.45) is 5.92 Å². The summed E-state index contributed by atoms with van der Waals surface area (Å²) in [5.41, 5.74) is 1.27. The second kappa shape index (κ2) is 4.40. The third-order valence-electron chi connectivity index (χ3n) is 4.95. The van der Waals surface area contributed by atoms with Crippen LogP contribution in [0.15, 0.2) is 34.1 Å². The van der Waals surface area contributed by atoms with Crippen LogP contribution in [0.4, 0.5) is 0 Å². The van der Waals surface area contributed by atoms with Crippen molar-refractivity contribution in [3.05, 3.63) is 44.4 Å². The van der Waals surface area contributed by atoms with Gasteiger partial charge in [-0.15, -0.1) is 11.8 Å². The zero-order chi connectivity index (χ0) is 14.0. The summed E-state index contributed by atoms with van der Waals surface area (Å²) in [5, 5.41) is 1.67. The molecule has 4 unspecified atom stereocenters. The molecule has 0 bridgehead atoms. The van der Waals surface area contributed by atoms with Gasteiger partial charge in [0.1, 0.15) is 11.9 Å². The van der Waals surface area contributed by atoms with Gasteiger partial charge < -0.3 is 9.72 Å². The molecule has 21 heavy (non-hydrogen) atoms. The summed E-state index contributed by atoms with van der Waals surface area (Å²) >= 11 is 3.26. The van der Waals surface area contributed by atoms with Crippen molar-refractivity contribution in [3.8, 4) is 5.75 Å². The zero-order valence-corrected chi connectivity index (χ0v) is 13.0. The molecular weight excluding hydrogens is 302 g/mol. The number of aromatic amines is 1. The molecular formula is C16H15NO2S2. The van der Waals surface area contributed by atoms with Crippen molar-refractivity contribution < 1.29 is 4.74 Å². The molecule has 5 rings (SSSR count). The first-order chi connectivity index (χ1) is 10.3. The van der Waals surface area contributed by atoms with E-state index in [0.717, 1.165) is 17.2 Å². The van der Waals surface area contributed by atoms with Crippen LogP contribution >= 0.6 is 23.1 Å². The van der Waals surface area contributed by atoms with Crippen LogP contribution < -0.4 is 9.61 Å². The molecule has 3 nitrogen and oxygen atoms in total. The number of H-pyrrole nitrogens is 1. The molecule has 2 aliphatic heterocycles. The van der Waals surface area contributed by atoms with E-state index in [0.29, 0.717) is 23.2 Å². The van der Waals surface area contributed by atoms with Gasteiger partial charge in [-0.2, -0.15) is 0 Å². The van der Waals surface area contributed by atoms with Gasteiger partial charge in [-0.25, -0.2) is 0 Å². The number of para-hydroxylation sites is 1. The van der Waals surface area contributed by atoms with Gasteiger partial charge in [-0.05, 0) is 25.3 Å². The van der Waals surface area contributed by atoms with Gasteiger partial charge in [0, 0.05) is 27.5 Å². The number of benzene rings is 1. The third-order valence-corrected chi connectivity index (χ3v) is 7.45. The fourth-order valence-corrected chi connectivity index (χ4v) is 6.86. The summed E-state index contributed by atoms with van der Waals surface area (Å²) in [7, 11) is 0. The highest BCUT2D eigenvalue weighted by Gasteiger charge is 2.50. The van der Waals surface area contributed by atoms with Crippen molar-refractivity contribution in [2.75, 3.05) is 0 Å². The van der Waals surface area contributed by atoms with Crippen LogP contribution in [0.1, 0.15) is 35.6 Å². The van der Waals surface area contributed by atoms with Crippen LogP contribution in [0.5, 0.6) is 5.75 Å². The molecule has 0 radical (unpaired) electrons. The molecule has 0 amide bonds. The Kier molecular flexibility index (Phi) is 2.59. The van der Waals surface area contributed by atoms with Crippen LogP contribution in [0.25, 0.3) is 0 Å². The Morgan fingerprint density at radius 1 is 1.24 bits per heavy atom. The minimum absolute atomic E-state index is 0.0756. The van der Waals surface area contributed by atoms with E-state index >= 15 is 0 Å². The highest BCUT2D eigenvalue weighted by Crippen LogP contribution is 2.57. The average Bonchev–Trinajstić information content (AvgIpc) is 2.87. The number of hydrogen-bond donors (Lipinski definition) is 1. The van der Waals surface area contributed by atoms with Gasteiger partial charge in [0.25, 0.3) is 0 Å². The molecule has 4 atom stereocenters. The van der Waals surface area contributed by atoms with Crippen LogP contribution in [-0.4, -0.2) is 16.3 Å². The van der Waals surface area contributed by atoms with Crippen molar-refractivity contribution in [1.29, 1.82) is 0 Å². The van der Waals surface area contributed by atoms with E-state index in [9.17, 15) is 4.79 Å². The molecule has 1 N–H and O–H groups in total. The fraction of sp³-hybridized carbons (Fsp3) is 0.438. The number of hydrogen-bond acceptors (Lipinski definition) is 4. The Labute approximate surface area is 130 Å². The van der Waals surface area contributed by atoms with Gasteiger partial charge in [0.05, 0.1) is 5.03 Å². The topological polar surface area (TPSA) is 42.1 Å². The van der Waals surface area contributed by atoms with E-state index in [1.165, 1.54) is 34.6 Å². The molecule has 0 spiro atoms. The Bertz CT molecular complexity index is 766. The lowest BCUT2D eigenvalue weighted by molar-refractivity contribution is 0.0666. The highest BCUT2D eigenvalue weighted by molar-refractivity contribution is 8.00. The summed E-state index contributed by atoms with van der Waals surface area (Å²) in [5.74, 6) is 1.87. The lowest BCUT2D eigenvalue weighted by atomic mass is 9.72. The molecule has 1 aromatic carbocycles. The molecule has 5 heteroatoms. The lowest BCUT2D eigenvalue weighted by Gasteiger charge is -2.48. The van der Waals surface area contributed by atoms with E-state index in [2.05, 4.69) is 23.2 Å². The molecule has 3 aliphatic rings. The predicted molar refractivity (Wildman–Crippen MR) is 84.6 cm³/mol. The maximum atomic E-state index is 11.9. The molecule has 1 aliphatic carbocycles. The molecule has 1 saturated carbocycles. The SMILES string of the molecule is O=c1[nH]c2c(s1)C1c3ccccc3OC3CCCC(S2)C31. The largest absolute Gasteiger partial charge is 0.490 e. The van der Waals surface area contributed by atoms with Gasteiger partial charge >= 0.3 is 4.87 Å². The molecule has 0 saturated heterocycles. The normalized spacial score (nSPS) is 32.6. The zero-order valence-electron chi connectivity index (χ0n) is 11.4. The standard InChI is InChI=1S/C16H15NO2S2/c18-16-17-15-14(21-16)12-8-4-1-2-5-9(8)19-10-6-3-7-11(20-15)13(10)12/h1-2,4-5,10-13H,3,6-7H2,(H,17,18). The van der Waals surface area contributed by atoms with Crippen LogP contribution in [-0.2, 0) is 0 Å². The summed E-state index contributed by atoms with van der Waals surface area (Å²) in [6.45, 7) is 0. The minimum atomic E-state index is 0.0756. The maximum absolute atomic E-state index is 11.9. The smallest absolute Gasteiger partial charge is 0.305 e. The predicted octanol–water partition coefficient (Wildman–Crippen LogP) is 3.60. The van der Waals surface area contributed by atoms with Gasteiger partial charge in [-0.3, -0.25) is 4.79 Å². The number of aromatic nitrogens is 1. The molecule has 1 aromatic heterocycles. The number of thiazole rings is 1. The summed E-state index contributed by atoms with van der Waals surface area (Å²) in [4.78, 5) is 16.2. The molecule has 1 fully saturated rings. The summed E-state index contributed by atoms with van der Waals surface area (Å²) < 4.78 is 6.30. The van der Waals surface area contributed by atoms with E-state index in [-0.39, 0.29) is 4.87 Å². The van der Waals surface area contributed by atoms with E-state index in [1.807, 2.05) is 17.8 Å². The molecule has 2 aromatic rings. The minimum Gasteiger partial charge on any atom is -0.490 e. The summed E-state index contributed by atoms with van der Waals surface area (Å²) in [6.07, 6.45) is 3.89. The fourth-order valence-electron chi connectivity index (χ4n) is 4.15. The quantitative estimate of drug-likeness (QED) is 0.807. The van der Waals surface area contributed by atoms with Gasteiger partial charge in [0.2, 0.25) is 0 Å².